The van der Waals surface area contributed by atoms with E-state index in [1.165, 1.54) is 4.90 Å². The lowest BCUT2D eigenvalue weighted by atomic mass is 9.98. The van der Waals surface area contributed by atoms with Crippen LogP contribution in [0.2, 0.25) is 0 Å². The van der Waals surface area contributed by atoms with Gasteiger partial charge in [0.05, 0.1) is 30.2 Å². The van der Waals surface area contributed by atoms with Crippen molar-refractivity contribution < 1.29 is 19.1 Å². The van der Waals surface area contributed by atoms with Crippen LogP contribution in [0.4, 0.5) is 0 Å². The van der Waals surface area contributed by atoms with Gasteiger partial charge < -0.3 is 19.2 Å². The second-order valence-electron chi connectivity index (χ2n) is 6.72. The molecule has 0 fully saturated rings. The summed E-state index contributed by atoms with van der Waals surface area (Å²) >= 11 is 0. The topological polar surface area (TPSA) is 80.0 Å². The zero-order chi connectivity index (χ0) is 19.7. The van der Waals surface area contributed by atoms with E-state index in [0.29, 0.717) is 28.9 Å². The first-order valence-electron chi connectivity index (χ1n) is 9.36. The maximum Gasteiger partial charge on any atom is 0.290 e. The normalized spacial score (nSPS) is 15.9. The fraction of sp³-hybridized carbons (Fsp3) is 0.273. The quantitative estimate of drug-likeness (QED) is 0.712. The summed E-state index contributed by atoms with van der Waals surface area (Å²) in [6.07, 6.45) is 0.876. The van der Waals surface area contributed by atoms with Gasteiger partial charge in [-0.3, -0.25) is 9.59 Å². The van der Waals surface area contributed by atoms with Crippen molar-refractivity contribution in [2.45, 2.75) is 19.4 Å². The van der Waals surface area contributed by atoms with Crippen LogP contribution in [-0.2, 0) is 0 Å². The Morgan fingerprint density at radius 3 is 2.75 bits per heavy atom. The van der Waals surface area contributed by atoms with Crippen LogP contribution in [0.25, 0.3) is 11.0 Å². The second kappa shape index (κ2) is 7.48. The fourth-order valence-electron chi connectivity index (χ4n) is 3.65. The molecule has 6 nitrogen and oxygen atoms in total. The Balaban J connectivity index is 1.90. The number of nitrogens with zero attached hydrogens (tertiary/aromatic N) is 1. The minimum Gasteiger partial charge on any atom is -0.494 e. The lowest BCUT2D eigenvalue weighted by Gasteiger charge is -2.24. The van der Waals surface area contributed by atoms with Crippen molar-refractivity contribution in [1.82, 2.24) is 4.90 Å². The summed E-state index contributed by atoms with van der Waals surface area (Å²) in [6, 6.07) is 13.6. The number of aliphatic hydroxyl groups is 1. The van der Waals surface area contributed by atoms with Gasteiger partial charge in [-0.05, 0) is 36.2 Å². The maximum absolute atomic E-state index is 13.2. The Kier molecular flexibility index (Phi) is 4.88. The molecule has 1 atom stereocenters. The molecule has 1 aliphatic rings. The molecule has 0 aliphatic carbocycles. The third kappa shape index (κ3) is 2.96. The molecule has 1 N–H and O–H groups in total. The summed E-state index contributed by atoms with van der Waals surface area (Å²) in [5.41, 5.74) is 1.21. The number of β-amino-alcohol motifs (C(OH)–C–C–N with tert-alkyl or cyclic N) is 1. The number of hydrogen-bond acceptors (Lipinski definition) is 5. The average molecular weight is 379 g/mol. The molecule has 2 aromatic carbocycles. The zero-order valence-electron chi connectivity index (χ0n) is 15.6. The van der Waals surface area contributed by atoms with E-state index in [9.17, 15) is 14.7 Å². The summed E-state index contributed by atoms with van der Waals surface area (Å²) in [5, 5.41) is 9.92. The highest BCUT2D eigenvalue weighted by Crippen LogP contribution is 2.38. The van der Waals surface area contributed by atoms with Crippen molar-refractivity contribution >= 4 is 16.9 Å². The molecule has 2 heterocycles. The molecule has 3 aromatic rings. The molecule has 1 amide bonds. The van der Waals surface area contributed by atoms with Gasteiger partial charge >= 0.3 is 0 Å². The van der Waals surface area contributed by atoms with E-state index in [0.717, 1.165) is 12.0 Å². The van der Waals surface area contributed by atoms with Gasteiger partial charge in [0, 0.05) is 6.54 Å². The van der Waals surface area contributed by atoms with Crippen LogP contribution in [0.1, 0.15) is 41.1 Å². The predicted octanol–water partition coefficient (Wildman–Crippen LogP) is 3.12. The molecule has 1 aliphatic heterocycles. The van der Waals surface area contributed by atoms with Crippen molar-refractivity contribution in [2.24, 2.45) is 0 Å². The van der Waals surface area contributed by atoms with Crippen LogP contribution < -0.4 is 10.2 Å². The molecule has 0 bridgehead atoms. The highest BCUT2D eigenvalue weighted by Gasteiger charge is 2.42. The maximum atomic E-state index is 13.2. The highest BCUT2D eigenvalue weighted by atomic mass is 16.5. The highest BCUT2D eigenvalue weighted by molar-refractivity contribution is 5.99. The van der Waals surface area contributed by atoms with Crippen molar-refractivity contribution in [2.75, 3.05) is 19.8 Å². The van der Waals surface area contributed by atoms with Gasteiger partial charge in [-0.1, -0.05) is 31.2 Å². The van der Waals surface area contributed by atoms with Crippen molar-refractivity contribution in [1.29, 1.82) is 0 Å². The van der Waals surface area contributed by atoms with Crippen LogP contribution in [0.15, 0.2) is 57.7 Å². The van der Waals surface area contributed by atoms with E-state index < -0.39 is 11.9 Å². The monoisotopic (exact) mass is 379 g/mol. The van der Waals surface area contributed by atoms with Gasteiger partial charge in [-0.15, -0.1) is 0 Å². The van der Waals surface area contributed by atoms with E-state index in [2.05, 4.69) is 0 Å². The predicted molar refractivity (Wildman–Crippen MR) is 105 cm³/mol. The molecule has 6 heteroatoms. The van der Waals surface area contributed by atoms with E-state index in [1.807, 2.05) is 31.2 Å². The summed E-state index contributed by atoms with van der Waals surface area (Å²) in [7, 11) is 0. The van der Waals surface area contributed by atoms with E-state index in [1.54, 1.807) is 24.3 Å². The average Bonchev–Trinajstić information content (AvgIpc) is 2.99. The Morgan fingerprint density at radius 1 is 1.14 bits per heavy atom. The minimum atomic E-state index is -0.624. The Labute approximate surface area is 162 Å². The smallest absolute Gasteiger partial charge is 0.290 e. The molecule has 144 valence electrons. The van der Waals surface area contributed by atoms with E-state index in [4.69, 9.17) is 9.15 Å². The SMILES string of the molecule is CCCOc1cccc([C@H]2c3c(oc4ccccc4c3=O)C(=O)N2CCO)c1. The van der Waals surface area contributed by atoms with Gasteiger partial charge in [0.25, 0.3) is 5.91 Å². The molecular weight excluding hydrogens is 358 g/mol. The van der Waals surface area contributed by atoms with Crippen molar-refractivity contribution in [3.63, 3.8) is 0 Å². The molecular formula is C22H21NO5. The number of fused-ring (bicyclic) bond motifs is 2. The van der Waals surface area contributed by atoms with Gasteiger partial charge in [-0.25, -0.2) is 0 Å². The molecule has 0 unspecified atom stereocenters. The summed E-state index contributed by atoms with van der Waals surface area (Å²) in [5.74, 6) is 0.327. The number of ether oxygens (including phenoxy) is 1. The number of para-hydroxylation sites is 1. The van der Waals surface area contributed by atoms with Crippen LogP contribution in [0.3, 0.4) is 0 Å². The lowest BCUT2D eigenvalue weighted by Crippen LogP contribution is -2.32. The summed E-state index contributed by atoms with van der Waals surface area (Å²) in [6.45, 7) is 2.49. The molecule has 0 radical (unpaired) electrons. The number of amides is 1. The van der Waals surface area contributed by atoms with Crippen LogP contribution in [-0.4, -0.2) is 35.7 Å². The first-order valence-corrected chi connectivity index (χ1v) is 9.36. The van der Waals surface area contributed by atoms with Gasteiger partial charge in [0.1, 0.15) is 11.3 Å². The summed E-state index contributed by atoms with van der Waals surface area (Å²) < 4.78 is 11.5. The first-order chi connectivity index (χ1) is 13.7. The van der Waals surface area contributed by atoms with Crippen LogP contribution >= 0.6 is 0 Å². The molecule has 0 spiro atoms. The number of hydrogen-bond donors (Lipinski definition) is 1. The fourth-order valence-corrected chi connectivity index (χ4v) is 3.65. The number of aliphatic hydroxyl groups excluding tert-OH is 1. The Morgan fingerprint density at radius 2 is 1.96 bits per heavy atom. The van der Waals surface area contributed by atoms with Gasteiger partial charge in [0.2, 0.25) is 5.76 Å². The van der Waals surface area contributed by atoms with Crippen molar-refractivity contribution in [3.8, 4) is 5.75 Å². The minimum absolute atomic E-state index is 0.0435. The Hall–Kier alpha value is -3.12. The number of carbonyl (C=O) groups is 1. The number of benzene rings is 2. The molecule has 0 saturated carbocycles. The largest absolute Gasteiger partial charge is 0.494 e. The van der Waals surface area contributed by atoms with Gasteiger partial charge in [-0.2, -0.15) is 0 Å². The third-order valence-electron chi connectivity index (χ3n) is 4.86. The molecule has 0 saturated heterocycles. The number of rotatable bonds is 6. The first kappa shape index (κ1) is 18.3. The van der Waals surface area contributed by atoms with E-state index >= 15 is 0 Å². The standard InChI is InChI=1S/C22H21NO5/c1-2-12-27-15-7-5-6-14(13-15)19-18-20(25)16-8-3-4-9-17(16)28-21(18)22(26)23(19)10-11-24/h3-9,13,19,24H,2,10-12H2,1H3/t19-/m0/s1. The number of carbonyl (C=O) groups excluding carboxylic acids is 1. The van der Waals surface area contributed by atoms with Crippen molar-refractivity contribution in [3.05, 3.63) is 75.6 Å². The van der Waals surface area contributed by atoms with E-state index in [-0.39, 0.29) is 24.3 Å². The molecule has 4 rings (SSSR count). The molecule has 28 heavy (non-hydrogen) atoms. The van der Waals surface area contributed by atoms with Crippen LogP contribution in [0.5, 0.6) is 5.75 Å². The third-order valence-corrected chi connectivity index (χ3v) is 4.86. The van der Waals surface area contributed by atoms with Gasteiger partial charge in [0.15, 0.2) is 5.43 Å². The second-order valence-corrected chi connectivity index (χ2v) is 6.72. The molecule has 1 aromatic heterocycles. The zero-order valence-corrected chi connectivity index (χ0v) is 15.6. The lowest BCUT2D eigenvalue weighted by molar-refractivity contribution is 0.0691. The van der Waals surface area contributed by atoms with Crippen LogP contribution in [0, 0.1) is 0 Å². The Bertz CT molecular complexity index is 1090. The summed E-state index contributed by atoms with van der Waals surface area (Å²) in [4.78, 5) is 27.7.